The number of morpholine rings is 1. The molecular formula is C22H28N4O6. The summed E-state index contributed by atoms with van der Waals surface area (Å²) in [5.41, 5.74) is 1.55. The Labute approximate surface area is 186 Å². The minimum Gasteiger partial charge on any atom is -0.493 e. The molecule has 1 fully saturated rings. The van der Waals surface area contributed by atoms with Crippen molar-refractivity contribution < 1.29 is 23.9 Å². The van der Waals surface area contributed by atoms with Crippen LogP contribution in [-0.2, 0) is 4.74 Å². The van der Waals surface area contributed by atoms with Crippen LogP contribution in [0.4, 0.5) is 11.4 Å². The van der Waals surface area contributed by atoms with Crippen molar-refractivity contribution in [2.75, 3.05) is 59.4 Å². The summed E-state index contributed by atoms with van der Waals surface area (Å²) >= 11 is 0. The molecule has 1 unspecified atom stereocenters. The minimum absolute atomic E-state index is 0.139. The lowest BCUT2D eigenvalue weighted by molar-refractivity contribution is -0.384. The maximum absolute atomic E-state index is 13.0. The Morgan fingerprint density at radius 2 is 1.88 bits per heavy atom. The van der Waals surface area contributed by atoms with E-state index in [0.29, 0.717) is 50.0 Å². The number of nitrogens with zero attached hydrogens (tertiary/aromatic N) is 2. The number of nitro groups is 1. The molecule has 1 aliphatic rings. The first-order chi connectivity index (χ1) is 15.5. The van der Waals surface area contributed by atoms with E-state index in [4.69, 9.17) is 14.2 Å². The molecule has 0 aliphatic carbocycles. The average molecular weight is 444 g/mol. The number of carbonyl (C=O) groups is 1. The van der Waals surface area contributed by atoms with Gasteiger partial charge in [-0.3, -0.25) is 19.8 Å². The van der Waals surface area contributed by atoms with Crippen LogP contribution in [0.3, 0.4) is 0 Å². The van der Waals surface area contributed by atoms with Crippen molar-refractivity contribution >= 4 is 17.3 Å². The number of rotatable bonds is 9. The number of amides is 1. The zero-order valence-electron chi connectivity index (χ0n) is 18.4. The predicted octanol–water partition coefficient (Wildman–Crippen LogP) is 2.46. The quantitative estimate of drug-likeness (QED) is 0.448. The number of hydrogen-bond acceptors (Lipinski definition) is 8. The Morgan fingerprint density at radius 1 is 1.16 bits per heavy atom. The van der Waals surface area contributed by atoms with E-state index < -0.39 is 10.8 Å². The van der Waals surface area contributed by atoms with E-state index in [1.165, 1.54) is 18.2 Å². The van der Waals surface area contributed by atoms with E-state index in [1.807, 2.05) is 18.2 Å². The fourth-order valence-electron chi connectivity index (χ4n) is 3.74. The Kier molecular flexibility index (Phi) is 7.85. The summed E-state index contributed by atoms with van der Waals surface area (Å²) < 4.78 is 16.3. The first-order valence-electron chi connectivity index (χ1n) is 10.3. The largest absolute Gasteiger partial charge is 0.493 e. The fraction of sp³-hybridized carbons (Fsp3) is 0.409. The van der Waals surface area contributed by atoms with Crippen molar-refractivity contribution in [3.05, 3.63) is 57.6 Å². The van der Waals surface area contributed by atoms with Gasteiger partial charge in [0.05, 0.1) is 44.0 Å². The average Bonchev–Trinajstić information content (AvgIpc) is 2.83. The van der Waals surface area contributed by atoms with Gasteiger partial charge in [0.1, 0.15) is 0 Å². The van der Waals surface area contributed by atoms with Crippen LogP contribution in [0.25, 0.3) is 0 Å². The number of methoxy groups -OCH3 is 2. The highest BCUT2D eigenvalue weighted by Gasteiger charge is 2.25. The van der Waals surface area contributed by atoms with Gasteiger partial charge in [0.15, 0.2) is 11.5 Å². The maximum atomic E-state index is 13.0. The summed E-state index contributed by atoms with van der Waals surface area (Å²) in [5.74, 6) is 0.832. The van der Waals surface area contributed by atoms with Crippen molar-refractivity contribution in [1.29, 1.82) is 0 Å². The number of nitro benzene ring substituents is 1. The third kappa shape index (κ3) is 5.27. The third-order valence-corrected chi connectivity index (χ3v) is 5.46. The Morgan fingerprint density at radius 3 is 2.50 bits per heavy atom. The van der Waals surface area contributed by atoms with Crippen LogP contribution in [0.15, 0.2) is 36.4 Å². The standard InChI is InChI=1S/C22H28N4O6/c1-23-18-6-5-16(26(28)29)13-17(18)22(27)24-14-19(25-8-10-32-11-9-25)15-4-7-20(30-2)21(12-15)31-3/h4-7,12-13,19,23H,8-11,14H2,1-3H3,(H,24,27). The molecule has 2 aromatic rings. The molecule has 1 atom stereocenters. The van der Waals surface area contributed by atoms with Gasteiger partial charge < -0.3 is 24.8 Å². The van der Waals surface area contributed by atoms with Crippen LogP contribution in [0.1, 0.15) is 22.0 Å². The van der Waals surface area contributed by atoms with Crippen LogP contribution in [0, 0.1) is 10.1 Å². The Hall–Kier alpha value is -3.37. The molecule has 1 heterocycles. The molecule has 0 bridgehead atoms. The van der Waals surface area contributed by atoms with Gasteiger partial charge in [-0.2, -0.15) is 0 Å². The van der Waals surface area contributed by atoms with Gasteiger partial charge in [-0.1, -0.05) is 6.07 Å². The number of benzene rings is 2. The van der Waals surface area contributed by atoms with Crippen LogP contribution in [0.2, 0.25) is 0 Å². The van der Waals surface area contributed by atoms with E-state index >= 15 is 0 Å². The molecule has 0 radical (unpaired) electrons. The lowest BCUT2D eigenvalue weighted by Gasteiger charge is -2.35. The normalized spacial score (nSPS) is 15.0. The van der Waals surface area contributed by atoms with Gasteiger partial charge in [-0.05, 0) is 23.8 Å². The highest BCUT2D eigenvalue weighted by atomic mass is 16.6. The van der Waals surface area contributed by atoms with E-state index in [1.54, 1.807) is 21.3 Å². The number of non-ortho nitro benzene ring substituents is 1. The van der Waals surface area contributed by atoms with Crippen molar-refractivity contribution in [2.24, 2.45) is 0 Å². The SMILES string of the molecule is CNc1ccc([N+](=O)[O-])cc1C(=O)NCC(c1ccc(OC)c(OC)c1)N1CCOCC1. The van der Waals surface area contributed by atoms with E-state index in [9.17, 15) is 14.9 Å². The predicted molar refractivity (Wildman–Crippen MR) is 120 cm³/mol. The Balaban J connectivity index is 1.85. The molecule has 32 heavy (non-hydrogen) atoms. The number of carbonyl (C=O) groups excluding carboxylic acids is 1. The second-order valence-electron chi connectivity index (χ2n) is 7.23. The van der Waals surface area contributed by atoms with Crippen LogP contribution < -0.4 is 20.1 Å². The van der Waals surface area contributed by atoms with Gasteiger partial charge in [0.25, 0.3) is 11.6 Å². The molecular weight excluding hydrogens is 416 g/mol. The van der Waals surface area contributed by atoms with Crippen molar-refractivity contribution in [3.63, 3.8) is 0 Å². The van der Waals surface area contributed by atoms with E-state index in [0.717, 1.165) is 5.56 Å². The number of ether oxygens (including phenoxy) is 3. The van der Waals surface area contributed by atoms with Crippen LogP contribution in [-0.4, -0.2) is 69.8 Å². The van der Waals surface area contributed by atoms with Crippen LogP contribution in [0.5, 0.6) is 11.5 Å². The minimum atomic E-state index is -0.517. The molecule has 1 aliphatic heterocycles. The molecule has 1 amide bonds. The lowest BCUT2D eigenvalue weighted by Crippen LogP contribution is -2.43. The highest BCUT2D eigenvalue weighted by Crippen LogP contribution is 2.32. The smallest absolute Gasteiger partial charge is 0.270 e. The molecule has 172 valence electrons. The lowest BCUT2D eigenvalue weighted by atomic mass is 10.0. The molecule has 0 aromatic heterocycles. The second kappa shape index (κ2) is 10.8. The number of anilines is 1. The van der Waals surface area contributed by atoms with Gasteiger partial charge in [-0.25, -0.2) is 0 Å². The number of nitrogens with one attached hydrogen (secondary N) is 2. The molecule has 0 saturated carbocycles. The summed E-state index contributed by atoms with van der Waals surface area (Å²) in [5, 5.41) is 17.0. The first-order valence-corrected chi connectivity index (χ1v) is 10.3. The van der Waals surface area contributed by atoms with Gasteiger partial charge >= 0.3 is 0 Å². The molecule has 10 heteroatoms. The highest BCUT2D eigenvalue weighted by molar-refractivity contribution is 6.00. The summed E-state index contributed by atoms with van der Waals surface area (Å²) in [4.78, 5) is 25.9. The van der Waals surface area contributed by atoms with Crippen molar-refractivity contribution in [2.45, 2.75) is 6.04 Å². The van der Waals surface area contributed by atoms with E-state index in [-0.39, 0.29) is 17.3 Å². The summed E-state index contributed by atoms with van der Waals surface area (Å²) in [6, 6.07) is 9.71. The monoisotopic (exact) mass is 444 g/mol. The second-order valence-corrected chi connectivity index (χ2v) is 7.23. The zero-order chi connectivity index (χ0) is 23.1. The van der Waals surface area contributed by atoms with Crippen molar-refractivity contribution in [3.8, 4) is 11.5 Å². The zero-order valence-corrected chi connectivity index (χ0v) is 18.4. The maximum Gasteiger partial charge on any atom is 0.270 e. The third-order valence-electron chi connectivity index (χ3n) is 5.46. The van der Waals surface area contributed by atoms with Gasteiger partial charge in [0, 0.05) is 44.5 Å². The van der Waals surface area contributed by atoms with Gasteiger partial charge in [-0.15, -0.1) is 0 Å². The molecule has 0 spiro atoms. The topological polar surface area (TPSA) is 115 Å². The fourth-order valence-corrected chi connectivity index (χ4v) is 3.74. The number of hydrogen-bond donors (Lipinski definition) is 2. The van der Waals surface area contributed by atoms with Crippen LogP contribution >= 0.6 is 0 Å². The Bertz CT molecular complexity index is 961. The summed E-state index contributed by atoms with van der Waals surface area (Å²) in [6.45, 7) is 2.94. The van der Waals surface area contributed by atoms with E-state index in [2.05, 4.69) is 15.5 Å². The summed E-state index contributed by atoms with van der Waals surface area (Å²) in [7, 11) is 4.82. The van der Waals surface area contributed by atoms with Crippen molar-refractivity contribution in [1.82, 2.24) is 10.2 Å². The molecule has 3 rings (SSSR count). The first kappa shape index (κ1) is 23.3. The summed E-state index contributed by atoms with van der Waals surface area (Å²) in [6.07, 6.45) is 0. The molecule has 2 aromatic carbocycles. The molecule has 10 nitrogen and oxygen atoms in total. The molecule has 2 N–H and O–H groups in total. The molecule has 1 saturated heterocycles. The van der Waals surface area contributed by atoms with Gasteiger partial charge in [0.2, 0.25) is 0 Å².